The minimum atomic E-state index is -0.707. The Labute approximate surface area is 123 Å². The van der Waals surface area contributed by atoms with Crippen LogP contribution in [0.5, 0.6) is 0 Å². The first-order valence-corrected chi connectivity index (χ1v) is 6.71. The summed E-state index contributed by atoms with van der Waals surface area (Å²) in [5.41, 5.74) is 2.07. The normalized spacial score (nSPS) is 9.95. The lowest BCUT2D eigenvalue weighted by Gasteiger charge is -2.06. The van der Waals surface area contributed by atoms with E-state index in [0.717, 1.165) is 11.1 Å². The Morgan fingerprint density at radius 2 is 1.86 bits per heavy atom. The summed E-state index contributed by atoms with van der Waals surface area (Å²) in [5.74, 6) is -0.992. The Bertz CT molecular complexity index is 626. The summed E-state index contributed by atoms with van der Waals surface area (Å²) in [7, 11) is 0. The maximum atomic E-state index is 11.7. The van der Waals surface area contributed by atoms with Gasteiger partial charge in [0.2, 0.25) is 0 Å². The monoisotopic (exact) mass is 283 g/mol. The average Bonchev–Trinajstić information content (AvgIpc) is 2.48. The predicted molar refractivity (Wildman–Crippen MR) is 80.8 cm³/mol. The molecule has 2 N–H and O–H groups in total. The molecule has 0 saturated heterocycles. The summed E-state index contributed by atoms with van der Waals surface area (Å²) in [5, 5.41) is 5.06. The number of nitrogens with zero attached hydrogens (tertiary/aromatic N) is 1. The molecular weight excluding hydrogens is 266 g/mol. The van der Waals surface area contributed by atoms with Gasteiger partial charge >= 0.3 is 11.8 Å². The van der Waals surface area contributed by atoms with Crippen LogP contribution < -0.4 is 10.6 Å². The second kappa shape index (κ2) is 7.19. The quantitative estimate of drug-likeness (QED) is 0.839. The molecular formula is C16H17N3O2. The van der Waals surface area contributed by atoms with E-state index in [2.05, 4.69) is 15.6 Å². The summed E-state index contributed by atoms with van der Waals surface area (Å²) in [6.07, 6.45) is 2.26. The lowest BCUT2D eigenvalue weighted by atomic mass is 10.1. The van der Waals surface area contributed by atoms with E-state index < -0.39 is 11.8 Å². The van der Waals surface area contributed by atoms with Gasteiger partial charge in [-0.15, -0.1) is 0 Å². The number of amides is 2. The van der Waals surface area contributed by atoms with Crippen molar-refractivity contribution in [2.45, 2.75) is 13.3 Å². The van der Waals surface area contributed by atoms with Crippen molar-refractivity contribution >= 4 is 17.6 Å². The first-order valence-electron chi connectivity index (χ1n) is 6.71. The number of benzene rings is 1. The van der Waals surface area contributed by atoms with E-state index in [9.17, 15) is 9.59 Å². The van der Waals surface area contributed by atoms with E-state index in [0.29, 0.717) is 18.8 Å². The fourth-order valence-corrected chi connectivity index (χ4v) is 1.82. The highest BCUT2D eigenvalue weighted by Crippen LogP contribution is 2.04. The van der Waals surface area contributed by atoms with Crippen molar-refractivity contribution in [2.24, 2.45) is 0 Å². The molecule has 0 fully saturated rings. The second-order valence-corrected chi connectivity index (χ2v) is 4.66. The molecule has 0 radical (unpaired) electrons. The van der Waals surface area contributed by atoms with Crippen molar-refractivity contribution in [1.82, 2.24) is 10.3 Å². The molecule has 0 bridgehead atoms. The first kappa shape index (κ1) is 14.7. The maximum absolute atomic E-state index is 11.7. The molecule has 2 amide bonds. The molecule has 5 heteroatoms. The standard InChI is InChI=1S/C16H17N3O2/c1-12-7-9-17-14(11-12)19-16(21)15(20)18-10-8-13-5-3-2-4-6-13/h2-7,9,11H,8,10H2,1H3,(H,18,20)(H,17,19,21). The number of pyridine rings is 1. The zero-order valence-electron chi connectivity index (χ0n) is 11.8. The molecule has 5 nitrogen and oxygen atoms in total. The third-order valence-corrected chi connectivity index (χ3v) is 2.91. The van der Waals surface area contributed by atoms with Crippen LogP contribution in [0.3, 0.4) is 0 Å². The zero-order chi connectivity index (χ0) is 15.1. The van der Waals surface area contributed by atoms with Gasteiger partial charge in [-0.1, -0.05) is 30.3 Å². The molecule has 108 valence electrons. The summed E-state index contributed by atoms with van der Waals surface area (Å²) in [4.78, 5) is 27.4. The second-order valence-electron chi connectivity index (χ2n) is 4.66. The smallest absolute Gasteiger partial charge is 0.314 e. The Morgan fingerprint density at radius 1 is 1.10 bits per heavy atom. The van der Waals surface area contributed by atoms with Gasteiger partial charge in [0.1, 0.15) is 5.82 Å². The van der Waals surface area contributed by atoms with E-state index in [4.69, 9.17) is 0 Å². The molecule has 2 aromatic rings. The van der Waals surface area contributed by atoms with Gasteiger partial charge in [-0.05, 0) is 36.6 Å². The van der Waals surface area contributed by atoms with Crippen molar-refractivity contribution < 1.29 is 9.59 Å². The molecule has 21 heavy (non-hydrogen) atoms. The Morgan fingerprint density at radius 3 is 2.57 bits per heavy atom. The zero-order valence-corrected chi connectivity index (χ0v) is 11.8. The number of rotatable bonds is 4. The molecule has 0 aliphatic heterocycles. The molecule has 0 spiro atoms. The van der Waals surface area contributed by atoms with Crippen LogP contribution in [0.4, 0.5) is 5.82 Å². The molecule has 0 saturated carbocycles. The topological polar surface area (TPSA) is 71.1 Å². The van der Waals surface area contributed by atoms with Crippen LogP contribution >= 0.6 is 0 Å². The highest BCUT2D eigenvalue weighted by Gasteiger charge is 2.13. The van der Waals surface area contributed by atoms with E-state index in [1.165, 1.54) is 0 Å². The minimum absolute atomic E-state index is 0.373. The summed E-state index contributed by atoms with van der Waals surface area (Å²) >= 11 is 0. The predicted octanol–water partition coefficient (Wildman–Crippen LogP) is 1.69. The van der Waals surface area contributed by atoms with Gasteiger partial charge in [0, 0.05) is 12.7 Å². The SMILES string of the molecule is Cc1ccnc(NC(=O)C(=O)NCCc2ccccc2)c1. The van der Waals surface area contributed by atoms with Crippen LogP contribution in [0.1, 0.15) is 11.1 Å². The van der Waals surface area contributed by atoms with E-state index in [1.54, 1.807) is 12.3 Å². The number of aryl methyl sites for hydroxylation is 1. The number of aromatic nitrogens is 1. The minimum Gasteiger partial charge on any atom is -0.347 e. The van der Waals surface area contributed by atoms with Crippen molar-refractivity contribution in [3.63, 3.8) is 0 Å². The number of hydrogen-bond acceptors (Lipinski definition) is 3. The number of hydrogen-bond donors (Lipinski definition) is 2. The number of carbonyl (C=O) groups excluding carboxylic acids is 2. The van der Waals surface area contributed by atoms with E-state index in [1.807, 2.05) is 43.3 Å². The van der Waals surface area contributed by atoms with Crippen LogP contribution in [0, 0.1) is 6.92 Å². The molecule has 1 aromatic heterocycles. The lowest BCUT2D eigenvalue weighted by molar-refractivity contribution is -0.136. The van der Waals surface area contributed by atoms with Gasteiger partial charge in [-0.2, -0.15) is 0 Å². The molecule has 2 rings (SSSR count). The van der Waals surface area contributed by atoms with Crippen LogP contribution in [0.2, 0.25) is 0 Å². The van der Waals surface area contributed by atoms with Crippen molar-refractivity contribution in [1.29, 1.82) is 0 Å². The summed E-state index contributed by atoms with van der Waals surface area (Å²) in [6, 6.07) is 13.3. The fourth-order valence-electron chi connectivity index (χ4n) is 1.82. The van der Waals surface area contributed by atoms with E-state index in [-0.39, 0.29) is 0 Å². The van der Waals surface area contributed by atoms with Gasteiger partial charge in [0.15, 0.2) is 0 Å². The average molecular weight is 283 g/mol. The first-order chi connectivity index (χ1) is 10.1. The van der Waals surface area contributed by atoms with Crippen LogP contribution in [0.25, 0.3) is 0 Å². The number of anilines is 1. The largest absolute Gasteiger partial charge is 0.347 e. The van der Waals surface area contributed by atoms with E-state index >= 15 is 0 Å². The molecule has 0 aliphatic carbocycles. The van der Waals surface area contributed by atoms with Crippen LogP contribution in [-0.4, -0.2) is 23.3 Å². The molecule has 1 aromatic carbocycles. The highest BCUT2D eigenvalue weighted by atomic mass is 16.2. The van der Waals surface area contributed by atoms with Crippen LogP contribution in [0.15, 0.2) is 48.7 Å². The molecule has 0 aliphatic rings. The molecule has 0 atom stereocenters. The number of carbonyl (C=O) groups is 2. The van der Waals surface area contributed by atoms with Gasteiger partial charge in [-0.3, -0.25) is 9.59 Å². The number of nitrogens with one attached hydrogen (secondary N) is 2. The Kier molecular flexibility index (Phi) is 5.04. The Balaban J connectivity index is 1.79. The van der Waals surface area contributed by atoms with Gasteiger partial charge in [-0.25, -0.2) is 4.98 Å². The summed E-state index contributed by atoms with van der Waals surface area (Å²) in [6.45, 7) is 2.30. The lowest BCUT2D eigenvalue weighted by Crippen LogP contribution is -2.36. The van der Waals surface area contributed by atoms with Gasteiger partial charge in [0.25, 0.3) is 0 Å². The van der Waals surface area contributed by atoms with Crippen molar-refractivity contribution in [3.05, 3.63) is 59.8 Å². The van der Waals surface area contributed by atoms with Crippen molar-refractivity contribution in [3.8, 4) is 0 Å². The third kappa shape index (κ3) is 4.72. The van der Waals surface area contributed by atoms with Crippen molar-refractivity contribution in [2.75, 3.05) is 11.9 Å². The Hall–Kier alpha value is -2.69. The molecule has 1 heterocycles. The maximum Gasteiger partial charge on any atom is 0.314 e. The third-order valence-electron chi connectivity index (χ3n) is 2.91. The summed E-state index contributed by atoms with van der Waals surface area (Å²) < 4.78 is 0. The fraction of sp³-hybridized carbons (Fsp3) is 0.188. The molecule has 0 unspecified atom stereocenters. The highest BCUT2D eigenvalue weighted by molar-refractivity contribution is 6.39. The van der Waals surface area contributed by atoms with Crippen LogP contribution in [-0.2, 0) is 16.0 Å². The van der Waals surface area contributed by atoms with Gasteiger partial charge in [0.05, 0.1) is 0 Å². The van der Waals surface area contributed by atoms with Gasteiger partial charge < -0.3 is 10.6 Å².